The van der Waals surface area contributed by atoms with E-state index in [1.54, 1.807) is 6.20 Å². The average Bonchev–Trinajstić information content (AvgIpc) is 2.19. The number of pyridine rings is 1. The van der Waals surface area contributed by atoms with Crippen molar-refractivity contribution in [1.29, 1.82) is 0 Å². The van der Waals surface area contributed by atoms with Gasteiger partial charge in [0.25, 0.3) is 0 Å². The van der Waals surface area contributed by atoms with E-state index in [-0.39, 0.29) is 11.7 Å². The summed E-state index contributed by atoms with van der Waals surface area (Å²) in [5.41, 5.74) is 7.23. The van der Waals surface area contributed by atoms with Crippen LogP contribution in [0.25, 0.3) is 0 Å². The Morgan fingerprint density at radius 2 is 2.21 bits per heavy atom. The number of hydrogen-bond donors (Lipinski definition) is 1. The molecule has 3 heteroatoms. The maximum atomic E-state index is 11.4. The smallest absolute Gasteiger partial charge is 0.139 e. The molecule has 1 aromatic rings. The van der Waals surface area contributed by atoms with Gasteiger partial charge in [-0.3, -0.25) is 9.78 Å². The molecular formula is C11H16N2O. The highest BCUT2D eigenvalue weighted by Gasteiger charge is 2.07. The molecule has 14 heavy (non-hydrogen) atoms. The summed E-state index contributed by atoms with van der Waals surface area (Å²) in [6, 6.07) is 3.78. The summed E-state index contributed by atoms with van der Waals surface area (Å²) in [6.45, 7) is 4.26. The van der Waals surface area contributed by atoms with E-state index in [0.717, 1.165) is 11.3 Å². The first-order valence-electron chi connectivity index (χ1n) is 4.80. The standard InChI is InChI=1S/C11H16N2O/c1-8(2)11(14)5-9-3-4-10(6-12)13-7-9/h3-4,7-8H,5-6,12H2,1-2H3. The molecule has 0 atom stereocenters. The average molecular weight is 192 g/mol. The van der Waals surface area contributed by atoms with Gasteiger partial charge in [0.2, 0.25) is 0 Å². The van der Waals surface area contributed by atoms with E-state index in [2.05, 4.69) is 4.98 Å². The predicted octanol–water partition coefficient (Wildman–Crippen LogP) is 1.31. The Kier molecular flexibility index (Phi) is 3.77. The van der Waals surface area contributed by atoms with Gasteiger partial charge in [-0.05, 0) is 11.6 Å². The molecule has 0 aliphatic rings. The van der Waals surface area contributed by atoms with Crippen LogP contribution in [-0.4, -0.2) is 10.8 Å². The van der Waals surface area contributed by atoms with Crippen LogP contribution >= 0.6 is 0 Å². The van der Waals surface area contributed by atoms with Crippen LogP contribution in [0.15, 0.2) is 18.3 Å². The van der Waals surface area contributed by atoms with E-state index < -0.39 is 0 Å². The van der Waals surface area contributed by atoms with E-state index in [0.29, 0.717) is 13.0 Å². The maximum absolute atomic E-state index is 11.4. The minimum absolute atomic E-state index is 0.0872. The molecule has 1 aromatic heterocycles. The van der Waals surface area contributed by atoms with E-state index >= 15 is 0 Å². The highest BCUT2D eigenvalue weighted by Crippen LogP contribution is 2.05. The Morgan fingerprint density at radius 3 is 2.64 bits per heavy atom. The zero-order chi connectivity index (χ0) is 10.6. The molecule has 0 unspecified atom stereocenters. The molecule has 0 saturated heterocycles. The second kappa shape index (κ2) is 4.86. The normalized spacial score (nSPS) is 10.6. The molecule has 0 radical (unpaired) electrons. The highest BCUT2D eigenvalue weighted by molar-refractivity contribution is 5.82. The molecular weight excluding hydrogens is 176 g/mol. The van der Waals surface area contributed by atoms with Crippen molar-refractivity contribution in [3.8, 4) is 0 Å². The molecule has 3 nitrogen and oxygen atoms in total. The van der Waals surface area contributed by atoms with Crippen LogP contribution in [0.5, 0.6) is 0 Å². The highest BCUT2D eigenvalue weighted by atomic mass is 16.1. The Hall–Kier alpha value is -1.22. The number of rotatable bonds is 4. The lowest BCUT2D eigenvalue weighted by atomic mass is 10.0. The Labute approximate surface area is 84.3 Å². The van der Waals surface area contributed by atoms with Gasteiger partial charge in [-0.15, -0.1) is 0 Å². The zero-order valence-electron chi connectivity index (χ0n) is 8.66. The van der Waals surface area contributed by atoms with Crippen LogP contribution in [0.2, 0.25) is 0 Å². The summed E-state index contributed by atoms with van der Waals surface area (Å²) in [6.07, 6.45) is 2.19. The molecule has 0 fully saturated rings. The van der Waals surface area contributed by atoms with Crippen molar-refractivity contribution in [3.63, 3.8) is 0 Å². The fourth-order valence-corrected chi connectivity index (χ4v) is 1.09. The van der Waals surface area contributed by atoms with Gasteiger partial charge in [-0.1, -0.05) is 19.9 Å². The SMILES string of the molecule is CC(C)C(=O)Cc1ccc(CN)nc1. The lowest BCUT2D eigenvalue weighted by Crippen LogP contribution is -2.10. The number of carbonyl (C=O) groups is 1. The van der Waals surface area contributed by atoms with Crippen molar-refractivity contribution in [2.45, 2.75) is 26.8 Å². The molecule has 0 saturated carbocycles. The second-order valence-electron chi connectivity index (χ2n) is 3.66. The number of hydrogen-bond acceptors (Lipinski definition) is 3. The summed E-state index contributed by atoms with van der Waals surface area (Å²) in [5.74, 6) is 0.330. The maximum Gasteiger partial charge on any atom is 0.139 e. The van der Waals surface area contributed by atoms with Crippen molar-refractivity contribution >= 4 is 5.78 Å². The monoisotopic (exact) mass is 192 g/mol. The third-order valence-corrected chi connectivity index (χ3v) is 2.12. The Morgan fingerprint density at radius 1 is 1.50 bits per heavy atom. The molecule has 0 bridgehead atoms. The van der Waals surface area contributed by atoms with Gasteiger partial charge in [0.05, 0.1) is 5.69 Å². The first-order chi connectivity index (χ1) is 6.63. The van der Waals surface area contributed by atoms with Crippen molar-refractivity contribution < 1.29 is 4.79 Å². The van der Waals surface area contributed by atoms with Gasteiger partial charge in [0.1, 0.15) is 5.78 Å². The van der Waals surface area contributed by atoms with Crippen LogP contribution in [0.4, 0.5) is 0 Å². The topological polar surface area (TPSA) is 56.0 Å². The largest absolute Gasteiger partial charge is 0.325 e. The van der Waals surface area contributed by atoms with Crippen LogP contribution in [0, 0.1) is 5.92 Å². The van der Waals surface area contributed by atoms with Crippen LogP contribution in [0.1, 0.15) is 25.1 Å². The quantitative estimate of drug-likeness (QED) is 0.782. The van der Waals surface area contributed by atoms with Crippen molar-refractivity contribution in [1.82, 2.24) is 4.98 Å². The van der Waals surface area contributed by atoms with Gasteiger partial charge in [-0.2, -0.15) is 0 Å². The minimum atomic E-state index is 0.0872. The van der Waals surface area contributed by atoms with Crippen molar-refractivity contribution in [2.75, 3.05) is 0 Å². The summed E-state index contributed by atoms with van der Waals surface area (Å²) in [7, 11) is 0. The fraction of sp³-hybridized carbons (Fsp3) is 0.455. The number of nitrogens with zero attached hydrogens (tertiary/aromatic N) is 1. The molecule has 2 N–H and O–H groups in total. The molecule has 1 rings (SSSR count). The second-order valence-corrected chi connectivity index (χ2v) is 3.66. The first-order valence-corrected chi connectivity index (χ1v) is 4.80. The molecule has 0 amide bonds. The molecule has 1 heterocycles. The molecule has 0 spiro atoms. The Balaban J connectivity index is 2.64. The third-order valence-electron chi connectivity index (χ3n) is 2.12. The minimum Gasteiger partial charge on any atom is -0.325 e. The van der Waals surface area contributed by atoms with Crippen molar-refractivity contribution in [2.24, 2.45) is 11.7 Å². The number of aromatic nitrogens is 1. The van der Waals surface area contributed by atoms with Gasteiger partial charge in [0.15, 0.2) is 0 Å². The van der Waals surface area contributed by atoms with E-state index in [9.17, 15) is 4.79 Å². The van der Waals surface area contributed by atoms with E-state index in [1.807, 2.05) is 26.0 Å². The summed E-state index contributed by atoms with van der Waals surface area (Å²) in [4.78, 5) is 15.5. The lowest BCUT2D eigenvalue weighted by molar-refractivity contribution is -0.121. The number of carbonyl (C=O) groups excluding carboxylic acids is 1. The number of nitrogens with two attached hydrogens (primary N) is 1. The van der Waals surface area contributed by atoms with E-state index in [1.165, 1.54) is 0 Å². The van der Waals surface area contributed by atoms with E-state index in [4.69, 9.17) is 5.73 Å². The fourth-order valence-electron chi connectivity index (χ4n) is 1.09. The van der Waals surface area contributed by atoms with Gasteiger partial charge in [0, 0.05) is 25.1 Å². The predicted molar refractivity (Wildman–Crippen MR) is 55.7 cm³/mol. The number of ketones is 1. The molecule has 76 valence electrons. The summed E-state index contributed by atoms with van der Waals surface area (Å²) >= 11 is 0. The van der Waals surface area contributed by atoms with Crippen LogP contribution in [0.3, 0.4) is 0 Å². The zero-order valence-corrected chi connectivity index (χ0v) is 8.66. The molecule has 0 aliphatic carbocycles. The van der Waals surface area contributed by atoms with Gasteiger partial charge < -0.3 is 5.73 Å². The molecule has 0 aliphatic heterocycles. The lowest BCUT2D eigenvalue weighted by Gasteiger charge is -2.04. The third kappa shape index (κ3) is 2.92. The molecule has 0 aromatic carbocycles. The van der Waals surface area contributed by atoms with Gasteiger partial charge in [-0.25, -0.2) is 0 Å². The first kappa shape index (κ1) is 10.9. The summed E-state index contributed by atoms with van der Waals surface area (Å²) < 4.78 is 0. The van der Waals surface area contributed by atoms with Gasteiger partial charge >= 0.3 is 0 Å². The Bertz CT molecular complexity index is 304. The number of Topliss-reactive ketones (excluding diaryl/α,β-unsaturated/α-hetero) is 1. The van der Waals surface area contributed by atoms with Crippen LogP contribution < -0.4 is 5.73 Å². The van der Waals surface area contributed by atoms with Crippen molar-refractivity contribution in [3.05, 3.63) is 29.6 Å². The summed E-state index contributed by atoms with van der Waals surface area (Å²) in [5, 5.41) is 0. The van der Waals surface area contributed by atoms with Crippen LogP contribution in [-0.2, 0) is 17.8 Å².